The average Bonchev–Trinajstić information content (AvgIpc) is 2.74. The molecule has 5 nitrogen and oxygen atoms in total. The first kappa shape index (κ1) is 19.7. The average molecular weight is 410 g/mol. The topological polar surface area (TPSA) is 45.7 Å². The van der Waals surface area contributed by atoms with Gasteiger partial charge < -0.3 is 9.64 Å². The summed E-state index contributed by atoms with van der Waals surface area (Å²) in [7, 11) is 1.64. The van der Waals surface area contributed by atoms with E-state index in [1.54, 1.807) is 7.11 Å². The summed E-state index contributed by atoms with van der Waals surface area (Å²) in [6, 6.07) is 15.6. The Bertz CT molecular complexity index is 1030. The van der Waals surface area contributed by atoms with Gasteiger partial charge in [0.25, 0.3) is 5.91 Å². The van der Waals surface area contributed by atoms with Crippen molar-refractivity contribution in [2.45, 2.75) is 13.5 Å². The summed E-state index contributed by atoms with van der Waals surface area (Å²) in [6.45, 7) is 5.90. The number of nitrogens with zero attached hydrogens (tertiary/aromatic N) is 3. The van der Waals surface area contributed by atoms with Crippen molar-refractivity contribution in [2.24, 2.45) is 0 Å². The fourth-order valence-electron chi connectivity index (χ4n) is 3.71. The van der Waals surface area contributed by atoms with Crippen LogP contribution >= 0.6 is 11.6 Å². The Morgan fingerprint density at radius 1 is 1.07 bits per heavy atom. The third-order valence-corrected chi connectivity index (χ3v) is 5.68. The van der Waals surface area contributed by atoms with Crippen LogP contribution in [-0.4, -0.2) is 54.0 Å². The van der Waals surface area contributed by atoms with Crippen molar-refractivity contribution in [3.63, 3.8) is 0 Å². The molecule has 0 aliphatic carbocycles. The van der Waals surface area contributed by atoms with Crippen LogP contribution in [0.25, 0.3) is 10.9 Å². The van der Waals surface area contributed by atoms with Gasteiger partial charge in [0.2, 0.25) is 0 Å². The van der Waals surface area contributed by atoms with Crippen molar-refractivity contribution in [3.05, 3.63) is 70.4 Å². The molecule has 0 radical (unpaired) electrons. The number of amides is 1. The van der Waals surface area contributed by atoms with Crippen molar-refractivity contribution >= 4 is 28.4 Å². The van der Waals surface area contributed by atoms with E-state index in [4.69, 9.17) is 16.3 Å². The van der Waals surface area contributed by atoms with Gasteiger partial charge in [-0.3, -0.25) is 14.7 Å². The number of hydrogen-bond acceptors (Lipinski definition) is 4. The molecule has 2 aromatic carbocycles. The van der Waals surface area contributed by atoms with E-state index >= 15 is 0 Å². The van der Waals surface area contributed by atoms with E-state index in [9.17, 15) is 4.79 Å². The molecule has 6 heteroatoms. The van der Waals surface area contributed by atoms with Gasteiger partial charge in [0, 0.05) is 49.2 Å². The molecule has 0 unspecified atom stereocenters. The maximum atomic E-state index is 13.1. The first-order valence-electron chi connectivity index (χ1n) is 9.75. The Labute approximate surface area is 175 Å². The number of fused-ring (bicyclic) bond motifs is 1. The van der Waals surface area contributed by atoms with Gasteiger partial charge in [-0.1, -0.05) is 23.7 Å². The minimum absolute atomic E-state index is 0.0545. The molecule has 4 rings (SSSR count). The maximum absolute atomic E-state index is 13.1. The molecule has 3 aromatic rings. The number of methoxy groups -OCH3 is 1. The molecule has 0 spiro atoms. The van der Waals surface area contributed by atoms with Crippen LogP contribution in [0.3, 0.4) is 0 Å². The lowest BCUT2D eigenvalue weighted by molar-refractivity contribution is 0.0627. The molecular formula is C23H24ClN3O2. The van der Waals surface area contributed by atoms with Crippen LogP contribution in [0.4, 0.5) is 0 Å². The van der Waals surface area contributed by atoms with Crippen molar-refractivity contribution in [1.29, 1.82) is 0 Å². The van der Waals surface area contributed by atoms with E-state index in [0.717, 1.165) is 47.0 Å². The predicted octanol–water partition coefficient (Wildman–Crippen LogP) is 4.16. The highest BCUT2D eigenvalue weighted by Crippen LogP contribution is 2.23. The fourth-order valence-corrected chi connectivity index (χ4v) is 3.84. The SMILES string of the molecule is COc1ccc2cc(C(=O)N3CCN(Cc4ccc(Cl)cc4)CC3)c(C)nc2c1. The van der Waals surface area contributed by atoms with E-state index < -0.39 is 0 Å². The predicted molar refractivity (Wildman–Crippen MR) is 116 cm³/mol. The van der Waals surface area contributed by atoms with E-state index in [2.05, 4.69) is 22.0 Å². The highest BCUT2D eigenvalue weighted by atomic mass is 35.5. The second-order valence-electron chi connectivity index (χ2n) is 7.37. The Hall–Kier alpha value is -2.63. The molecule has 0 N–H and O–H groups in total. The number of rotatable bonds is 4. The normalized spacial score (nSPS) is 14.9. The van der Waals surface area contributed by atoms with Gasteiger partial charge in [-0.05, 0) is 42.8 Å². The smallest absolute Gasteiger partial charge is 0.255 e. The van der Waals surface area contributed by atoms with E-state index in [1.807, 2.05) is 48.2 Å². The molecule has 150 valence electrons. The molecule has 29 heavy (non-hydrogen) atoms. The summed E-state index contributed by atoms with van der Waals surface area (Å²) in [5.74, 6) is 0.819. The standard InChI is InChI=1S/C23H24ClN3O2/c1-16-21(13-18-5-8-20(29-2)14-22(18)25-16)23(28)27-11-9-26(10-12-27)15-17-3-6-19(24)7-4-17/h3-8,13-14H,9-12,15H2,1-2H3. The van der Waals surface area contributed by atoms with Gasteiger partial charge in [0.1, 0.15) is 5.75 Å². The summed E-state index contributed by atoms with van der Waals surface area (Å²) in [6.07, 6.45) is 0. The molecule has 1 saturated heterocycles. The van der Waals surface area contributed by atoms with E-state index in [1.165, 1.54) is 5.56 Å². The quantitative estimate of drug-likeness (QED) is 0.649. The number of halogens is 1. The zero-order valence-electron chi connectivity index (χ0n) is 16.7. The van der Waals surface area contributed by atoms with Gasteiger partial charge in [0.15, 0.2) is 0 Å². The molecular weight excluding hydrogens is 386 g/mol. The molecule has 0 atom stereocenters. The monoisotopic (exact) mass is 409 g/mol. The molecule has 1 aromatic heterocycles. The van der Waals surface area contributed by atoms with Gasteiger partial charge in [0.05, 0.1) is 23.9 Å². The number of pyridine rings is 1. The number of hydrogen-bond donors (Lipinski definition) is 0. The molecule has 0 saturated carbocycles. The number of benzene rings is 2. The van der Waals surface area contributed by atoms with Crippen LogP contribution in [0, 0.1) is 6.92 Å². The molecule has 2 heterocycles. The molecule has 1 fully saturated rings. The second kappa shape index (κ2) is 8.39. The molecule has 1 aliphatic heterocycles. The number of ether oxygens (including phenoxy) is 1. The minimum Gasteiger partial charge on any atom is -0.497 e. The number of aromatic nitrogens is 1. The number of aryl methyl sites for hydroxylation is 1. The molecule has 1 amide bonds. The summed E-state index contributed by atoms with van der Waals surface area (Å²) in [4.78, 5) is 22.0. The molecule has 0 bridgehead atoms. The van der Waals surface area contributed by atoms with Crippen molar-refractivity contribution in [2.75, 3.05) is 33.3 Å². The van der Waals surface area contributed by atoms with E-state index in [0.29, 0.717) is 18.7 Å². The lowest BCUT2D eigenvalue weighted by Crippen LogP contribution is -2.48. The maximum Gasteiger partial charge on any atom is 0.255 e. The number of piperazine rings is 1. The minimum atomic E-state index is 0.0545. The molecule has 1 aliphatic rings. The lowest BCUT2D eigenvalue weighted by Gasteiger charge is -2.35. The number of carbonyl (C=O) groups is 1. The lowest BCUT2D eigenvalue weighted by atomic mass is 10.1. The van der Waals surface area contributed by atoms with E-state index in [-0.39, 0.29) is 5.91 Å². The van der Waals surface area contributed by atoms with Crippen molar-refractivity contribution in [3.8, 4) is 5.75 Å². The Morgan fingerprint density at radius 2 is 1.79 bits per heavy atom. The third-order valence-electron chi connectivity index (χ3n) is 5.42. The zero-order chi connectivity index (χ0) is 20.4. The first-order chi connectivity index (χ1) is 14.0. The first-order valence-corrected chi connectivity index (χ1v) is 10.1. The van der Waals surface area contributed by atoms with Crippen LogP contribution < -0.4 is 4.74 Å². The van der Waals surface area contributed by atoms with Crippen LogP contribution in [0.1, 0.15) is 21.6 Å². The summed E-state index contributed by atoms with van der Waals surface area (Å²) in [5, 5.41) is 1.70. The number of carbonyl (C=O) groups excluding carboxylic acids is 1. The second-order valence-corrected chi connectivity index (χ2v) is 7.81. The summed E-state index contributed by atoms with van der Waals surface area (Å²) in [5.41, 5.74) is 3.50. The van der Waals surface area contributed by atoms with Gasteiger partial charge in [-0.25, -0.2) is 0 Å². The highest BCUT2D eigenvalue weighted by molar-refractivity contribution is 6.30. The van der Waals surface area contributed by atoms with Crippen LogP contribution in [0.15, 0.2) is 48.5 Å². The Balaban J connectivity index is 1.44. The van der Waals surface area contributed by atoms with Gasteiger partial charge in [-0.2, -0.15) is 0 Å². The third kappa shape index (κ3) is 4.36. The van der Waals surface area contributed by atoms with Crippen LogP contribution in [0.5, 0.6) is 5.75 Å². The zero-order valence-corrected chi connectivity index (χ0v) is 17.4. The van der Waals surface area contributed by atoms with Gasteiger partial charge in [-0.15, -0.1) is 0 Å². The van der Waals surface area contributed by atoms with Gasteiger partial charge >= 0.3 is 0 Å². The summed E-state index contributed by atoms with van der Waals surface area (Å²) < 4.78 is 5.27. The fraction of sp³-hybridized carbons (Fsp3) is 0.304. The van der Waals surface area contributed by atoms with Crippen molar-refractivity contribution in [1.82, 2.24) is 14.8 Å². The van der Waals surface area contributed by atoms with Crippen LogP contribution in [-0.2, 0) is 6.54 Å². The highest BCUT2D eigenvalue weighted by Gasteiger charge is 2.24. The Kier molecular flexibility index (Phi) is 5.69. The largest absolute Gasteiger partial charge is 0.497 e. The summed E-state index contributed by atoms with van der Waals surface area (Å²) >= 11 is 5.96. The Morgan fingerprint density at radius 3 is 2.48 bits per heavy atom. The van der Waals surface area contributed by atoms with Crippen molar-refractivity contribution < 1.29 is 9.53 Å². The van der Waals surface area contributed by atoms with Crippen LogP contribution in [0.2, 0.25) is 5.02 Å².